The molecule has 1 aliphatic rings. The van der Waals surface area contributed by atoms with Crippen LogP contribution in [0.3, 0.4) is 0 Å². The quantitative estimate of drug-likeness (QED) is 0.812. The minimum atomic E-state index is -0.421. The highest BCUT2D eigenvalue weighted by Gasteiger charge is 2.42. The number of nitrogens with one attached hydrogen (secondary N) is 1. The third-order valence-corrected chi connectivity index (χ3v) is 3.37. The maximum Gasteiger partial charge on any atom is 0.226 e. The van der Waals surface area contributed by atoms with Gasteiger partial charge in [0, 0.05) is 6.61 Å². The van der Waals surface area contributed by atoms with Gasteiger partial charge in [0.2, 0.25) is 5.91 Å². The van der Waals surface area contributed by atoms with Crippen LogP contribution in [0.2, 0.25) is 0 Å². The van der Waals surface area contributed by atoms with Crippen molar-refractivity contribution in [3.8, 4) is 0 Å². The van der Waals surface area contributed by atoms with Crippen LogP contribution in [-0.4, -0.2) is 17.6 Å². The van der Waals surface area contributed by atoms with E-state index in [1.807, 2.05) is 37.3 Å². The first-order valence-electron chi connectivity index (χ1n) is 5.62. The number of aliphatic hydroxyl groups is 1. The second-order valence-electron chi connectivity index (χ2n) is 4.68. The maximum absolute atomic E-state index is 11.8. The average Bonchev–Trinajstić information content (AvgIpc) is 2.57. The minimum Gasteiger partial charge on any atom is -0.396 e. The smallest absolute Gasteiger partial charge is 0.226 e. The van der Waals surface area contributed by atoms with Crippen molar-refractivity contribution in [3.63, 3.8) is 0 Å². The van der Waals surface area contributed by atoms with Crippen LogP contribution in [0.1, 0.15) is 31.4 Å². The van der Waals surface area contributed by atoms with Crippen LogP contribution in [0.15, 0.2) is 30.3 Å². The molecule has 1 fully saturated rings. The largest absolute Gasteiger partial charge is 0.396 e. The number of benzene rings is 1. The first-order valence-corrected chi connectivity index (χ1v) is 5.62. The highest BCUT2D eigenvalue weighted by atomic mass is 16.3. The second kappa shape index (κ2) is 4.26. The summed E-state index contributed by atoms with van der Waals surface area (Å²) in [5.74, 6) is 0.0513. The fourth-order valence-corrected chi connectivity index (χ4v) is 2.28. The summed E-state index contributed by atoms with van der Waals surface area (Å²) in [7, 11) is 0. The van der Waals surface area contributed by atoms with Gasteiger partial charge in [-0.05, 0) is 18.4 Å². The van der Waals surface area contributed by atoms with Gasteiger partial charge in [-0.1, -0.05) is 37.3 Å². The molecule has 0 aliphatic carbocycles. The number of carbonyl (C=O) groups is 1. The number of rotatable bonds is 3. The Morgan fingerprint density at radius 1 is 1.44 bits per heavy atom. The number of aliphatic hydroxyl groups excluding tert-OH is 1. The summed E-state index contributed by atoms with van der Waals surface area (Å²) in [6.45, 7) is 1.98. The van der Waals surface area contributed by atoms with Crippen LogP contribution in [0, 0.1) is 5.41 Å². The van der Waals surface area contributed by atoms with E-state index >= 15 is 0 Å². The molecule has 1 aromatic carbocycles. The Balaban J connectivity index is 2.15. The van der Waals surface area contributed by atoms with E-state index in [0.717, 1.165) is 12.0 Å². The summed E-state index contributed by atoms with van der Waals surface area (Å²) in [5, 5.41) is 12.0. The first-order chi connectivity index (χ1) is 7.65. The van der Waals surface area contributed by atoms with Gasteiger partial charge in [0.1, 0.15) is 0 Å². The molecule has 1 aliphatic heterocycles. The zero-order valence-corrected chi connectivity index (χ0v) is 9.44. The van der Waals surface area contributed by atoms with E-state index in [1.54, 1.807) is 0 Å². The first kappa shape index (κ1) is 11.1. The van der Waals surface area contributed by atoms with Crippen molar-refractivity contribution in [2.45, 2.75) is 25.8 Å². The van der Waals surface area contributed by atoms with Crippen molar-refractivity contribution in [3.05, 3.63) is 35.9 Å². The predicted octanol–water partition coefficient (Wildman–Crippen LogP) is 1.64. The lowest BCUT2D eigenvalue weighted by Crippen LogP contribution is -2.29. The molecule has 0 aromatic heterocycles. The standard InChI is InChI=1S/C13H17NO2/c1-13(7-8-15)9-11(14-12(13)16)10-5-3-2-4-6-10/h2-6,11,15H,7-9H2,1H3,(H,14,16)/t11-,13+/m0/s1. The van der Waals surface area contributed by atoms with Gasteiger partial charge in [0.25, 0.3) is 0 Å². The maximum atomic E-state index is 11.8. The van der Waals surface area contributed by atoms with Crippen molar-refractivity contribution in [1.29, 1.82) is 0 Å². The Kier molecular flexibility index (Phi) is 2.97. The molecule has 1 amide bonds. The van der Waals surface area contributed by atoms with Gasteiger partial charge in [-0.2, -0.15) is 0 Å². The van der Waals surface area contributed by atoms with Crippen molar-refractivity contribution in [1.82, 2.24) is 5.32 Å². The van der Waals surface area contributed by atoms with Gasteiger partial charge < -0.3 is 10.4 Å². The second-order valence-corrected chi connectivity index (χ2v) is 4.68. The average molecular weight is 219 g/mol. The van der Waals surface area contributed by atoms with E-state index < -0.39 is 5.41 Å². The Bertz CT molecular complexity index is 377. The molecular formula is C13H17NO2. The van der Waals surface area contributed by atoms with Crippen LogP contribution < -0.4 is 5.32 Å². The van der Waals surface area contributed by atoms with Crippen LogP contribution in [0.5, 0.6) is 0 Å². The van der Waals surface area contributed by atoms with Crippen LogP contribution in [0.4, 0.5) is 0 Å². The van der Waals surface area contributed by atoms with Crippen LogP contribution >= 0.6 is 0 Å². The van der Waals surface area contributed by atoms with Gasteiger partial charge in [-0.15, -0.1) is 0 Å². The SMILES string of the molecule is C[C@@]1(CCO)C[C@@H](c2ccccc2)NC1=O. The van der Waals surface area contributed by atoms with E-state index in [0.29, 0.717) is 6.42 Å². The highest BCUT2D eigenvalue weighted by molar-refractivity contribution is 5.85. The summed E-state index contributed by atoms with van der Waals surface area (Å²) in [4.78, 5) is 11.8. The molecule has 0 bridgehead atoms. The van der Waals surface area contributed by atoms with E-state index in [4.69, 9.17) is 5.11 Å². The zero-order chi connectivity index (χ0) is 11.6. The van der Waals surface area contributed by atoms with Gasteiger partial charge in [-0.3, -0.25) is 4.79 Å². The molecule has 86 valence electrons. The predicted molar refractivity (Wildman–Crippen MR) is 61.8 cm³/mol. The molecule has 2 rings (SSSR count). The summed E-state index contributed by atoms with van der Waals surface area (Å²) in [5.41, 5.74) is 0.715. The lowest BCUT2D eigenvalue weighted by molar-refractivity contribution is -0.127. The van der Waals surface area contributed by atoms with E-state index in [9.17, 15) is 4.79 Å². The molecule has 0 unspecified atom stereocenters. The number of hydrogen-bond acceptors (Lipinski definition) is 2. The van der Waals surface area contributed by atoms with Gasteiger partial charge in [0.05, 0.1) is 11.5 Å². The molecule has 1 saturated heterocycles. The van der Waals surface area contributed by atoms with Gasteiger partial charge in [-0.25, -0.2) is 0 Å². The Morgan fingerprint density at radius 2 is 2.12 bits per heavy atom. The van der Waals surface area contributed by atoms with Crippen LogP contribution in [0.25, 0.3) is 0 Å². The third kappa shape index (κ3) is 1.95. The molecule has 2 N–H and O–H groups in total. The fourth-order valence-electron chi connectivity index (χ4n) is 2.28. The third-order valence-electron chi connectivity index (χ3n) is 3.37. The van der Waals surface area contributed by atoms with Gasteiger partial charge >= 0.3 is 0 Å². The molecule has 2 atom stereocenters. The molecule has 0 saturated carbocycles. The van der Waals surface area contributed by atoms with E-state index in [2.05, 4.69) is 5.32 Å². The number of amides is 1. The van der Waals surface area contributed by atoms with Crippen LogP contribution in [-0.2, 0) is 4.79 Å². The number of carbonyl (C=O) groups excluding carboxylic acids is 1. The summed E-state index contributed by atoms with van der Waals surface area (Å²) in [6.07, 6.45) is 1.29. The number of hydrogen-bond donors (Lipinski definition) is 2. The summed E-state index contributed by atoms with van der Waals surface area (Å²) in [6, 6.07) is 10.1. The Hall–Kier alpha value is -1.35. The van der Waals surface area contributed by atoms with E-state index in [-0.39, 0.29) is 18.6 Å². The monoisotopic (exact) mass is 219 g/mol. The molecule has 0 radical (unpaired) electrons. The molecular weight excluding hydrogens is 202 g/mol. The zero-order valence-electron chi connectivity index (χ0n) is 9.44. The molecule has 3 nitrogen and oxygen atoms in total. The fraction of sp³-hybridized carbons (Fsp3) is 0.462. The van der Waals surface area contributed by atoms with Gasteiger partial charge in [0.15, 0.2) is 0 Å². The Morgan fingerprint density at radius 3 is 2.75 bits per heavy atom. The molecule has 1 aromatic rings. The summed E-state index contributed by atoms with van der Waals surface area (Å²) < 4.78 is 0. The minimum absolute atomic E-state index is 0.0513. The van der Waals surface area contributed by atoms with Crippen molar-refractivity contribution in [2.75, 3.05) is 6.61 Å². The normalized spacial score (nSPS) is 29.1. The van der Waals surface area contributed by atoms with E-state index in [1.165, 1.54) is 0 Å². The molecule has 16 heavy (non-hydrogen) atoms. The van der Waals surface area contributed by atoms with Crippen molar-refractivity contribution >= 4 is 5.91 Å². The molecule has 0 spiro atoms. The summed E-state index contributed by atoms with van der Waals surface area (Å²) >= 11 is 0. The Labute approximate surface area is 95.5 Å². The molecule has 3 heteroatoms. The van der Waals surface area contributed by atoms with Crippen molar-refractivity contribution in [2.24, 2.45) is 5.41 Å². The lowest BCUT2D eigenvalue weighted by atomic mass is 9.83. The highest BCUT2D eigenvalue weighted by Crippen LogP contribution is 2.39. The lowest BCUT2D eigenvalue weighted by Gasteiger charge is -2.18. The molecule has 1 heterocycles. The topological polar surface area (TPSA) is 49.3 Å². The van der Waals surface area contributed by atoms with Crippen molar-refractivity contribution < 1.29 is 9.90 Å².